The average molecular weight is 301 g/mol. The molecule has 0 radical (unpaired) electrons. The van der Waals surface area contributed by atoms with E-state index in [1.807, 2.05) is 0 Å². The van der Waals surface area contributed by atoms with Gasteiger partial charge in [-0.25, -0.2) is 8.42 Å². The molecule has 5 nitrogen and oxygen atoms in total. The molecular weight excluding hydrogens is 278 g/mol. The first-order valence-electron chi connectivity index (χ1n) is 7.61. The van der Waals surface area contributed by atoms with Crippen molar-refractivity contribution >= 4 is 15.7 Å². The lowest BCUT2D eigenvalue weighted by atomic mass is 9.71. The van der Waals surface area contributed by atoms with Gasteiger partial charge in [-0.2, -0.15) is 0 Å². The molecule has 0 bridgehead atoms. The van der Waals surface area contributed by atoms with Gasteiger partial charge in [-0.15, -0.1) is 0 Å². The van der Waals surface area contributed by atoms with Gasteiger partial charge in [-0.3, -0.25) is 4.79 Å². The van der Waals surface area contributed by atoms with Crippen molar-refractivity contribution in [3.05, 3.63) is 0 Å². The summed E-state index contributed by atoms with van der Waals surface area (Å²) in [7, 11) is -3.01. The summed E-state index contributed by atoms with van der Waals surface area (Å²) >= 11 is 0. The third-order valence-corrected chi connectivity index (χ3v) is 7.09. The molecule has 2 saturated heterocycles. The number of aliphatic hydroxyl groups is 1. The number of carbonyl (C=O) groups excluding carboxylic acids is 1. The van der Waals surface area contributed by atoms with E-state index < -0.39 is 15.4 Å². The highest BCUT2D eigenvalue weighted by Crippen LogP contribution is 2.40. The quantitative estimate of drug-likeness (QED) is 0.768. The van der Waals surface area contributed by atoms with Crippen molar-refractivity contribution in [1.29, 1.82) is 0 Å². The van der Waals surface area contributed by atoms with E-state index in [0.29, 0.717) is 25.9 Å². The van der Waals surface area contributed by atoms with Gasteiger partial charge in [0.05, 0.1) is 23.0 Å². The second-order valence-corrected chi connectivity index (χ2v) is 8.91. The Hall–Kier alpha value is -0.620. The molecule has 6 heteroatoms. The fourth-order valence-electron chi connectivity index (χ4n) is 4.02. The van der Waals surface area contributed by atoms with Crippen LogP contribution < -0.4 is 0 Å². The number of carbonyl (C=O) groups is 1. The van der Waals surface area contributed by atoms with E-state index in [0.717, 1.165) is 25.7 Å². The molecule has 0 aromatic rings. The van der Waals surface area contributed by atoms with Crippen molar-refractivity contribution in [2.75, 3.05) is 24.6 Å². The number of amides is 1. The Morgan fingerprint density at radius 3 is 2.70 bits per heavy atom. The van der Waals surface area contributed by atoms with E-state index >= 15 is 0 Å². The van der Waals surface area contributed by atoms with Crippen LogP contribution in [0.3, 0.4) is 0 Å². The summed E-state index contributed by atoms with van der Waals surface area (Å²) < 4.78 is 23.0. The number of sulfone groups is 1. The predicted octanol–water partition coefficient (Wildman–Crippen LogP) is 0.575. The van der Waals surface area contributed by atoms with Crippen LogP contribution in [0.5, 0.6) is 0 Å². The molecule has 0 aromatic carbocycles. The standard InChI is InChI=1S/C14H23NO4S/c16-13(11-4-8-20(18,19)10-11)15-7-6-14(17)5-2-1-3-12(14)9-15/h11-12,17H,1-10H2. The highest BCUT2D eigenvalue weighted by atomic mass is 32.2. The lowest BCUT2D eigenvalue weighted by Gasteiger charge is -2.47. The molecule has 3 fully saturated rings. The molecule has 1 amide bonds. The second-order valence-electron chi connectivity index (χ2n) is 6.68. The molecule has 2 heterocycles. The SMILES string of the molecule is O=C(C1CCS(=O)(=O)C1)N1CCC2(O)CCCCC2C1. The number of rotatable bonds is 1. The van der Waals surface area contributed by atoms with Gasteiger partial charge in [0, 0.05) is 19.0 Å². The number of piperidine rings is 1. The lowest BCUT2D eigenvalue weighted by molar-refractivity contribution is -0.146. The van der Waals surface area contributed by atoms with E-state index in [9.17, 15) is 18.3 Å². The van der Waals surface area contributed by atoms with Crippen molar-refractivity contribution in [3.8, 4) is 0 Å². The van der Waals surface area contributed by atoms with Gasteiger partial charge < -0.3 is 10.0 Å². The minimum Gasteiger partial charge on any atom is -0.389 e. The first-order valence-corrected chi connectivity index (χ1v) is 9.43. The third-order valence-electron chi connectivity index (χ3n) is 5.32. The van der Waals surface area contributed by atoms with Crippen molar-refractivity contribution in [2.45, 2.75) is 44.1 Å². The Morgan fingerprint density at radius 1 is 1.20 bits per heavy atom. The average Bonchev–Trinajstić information content (AvgIpc) is 2.77. The summed E-state index contributed by atoms with van der Waals surface area (Å²) in [6.07, 6.45) is 5.12. The summed E-state index contributed by atoms with van der Waals surface area (Å²) in [6, 6.07) is 0. The van der Waals surface area contributed by atoms with Gasteiger partial charge in [-0.1, -0.05) is 12.8 Å². The predicted molar refractivity (Wildman–Crippen MR) is 74.9 cm³/mol. The van der Waals surface area contributed by atoms with Gasteiger partial charge in [-0.05, 0) is 25.7 Å². The van der Waals surface area contributed by atoms with Crippen LogP contribution in [-0.2, 0) is 14.6 Å². The van der Waals surface area contributed by atoms with Crippen molar-refractivity contribution < 1.29 is 18.3 Å². The number of likely N-dealkylation sites (tertiary alicyclic amines) is 1. The van der Waals surface area contributed by atoms with Gasteiger partial charge in [0.15, 0.2) is 9.84 Å². The Balaban J connectivity index is 1.66. The molecule has 3 unspecified atom stereocenters. The van der Waals surface area contributed by atoms with Crippen LogP contribution in [0.2, 0.25) is 0 Å². The molecule has 3 rings (SSSR count). The fourth-order valence-corrected chi connectivity index (χ4v) is 5.75. The minimum absolute atomic E-state index is 0.0112. The van der Waals surface area contributed by atoms with Gasteiger partial charge in [0.1, 0.15) is 0 Å². The highest BCUT2D eigenvalue weighted by Gasteiger charge is 2.45. The smallest absolute Gasteiger partial charge is 0.226 e. The summed E-state index contributed by atoms with van der Waals surface area (Å²) in [6.45, 7) is 1.17. The normalized spacial score (nSPS) is 40.4. The molecule has 0 spiro atoms. The van der Waals surface area contributed by atoms with Gasteiger partial charge in [0.2, 0.25) is 5.91 Å². The summed E-state index contributed by atoms with van der Waals surface area (Å²) in [5.41, 5.74) is -0.587. The maximum absolute atomic E-state index is 12.4. The summed E-state index contributed by atoms with van der Waals surface area (Å²) in [4.78, 5) is 14.2. The summed E-state index contributed by atoms with van der Waals surface area (Å²) in [5, 5.41) is 10.6. The first kappa shape index (κ1) is 14.3. The van der Waals surface area contributed by atoms with Crippen LogP contribution in [0.25, 0.3) is 0 Å². The topological polar surface area (TPSA) is 74.7 Å². The van der Waals surface area contributed by atoms with Crippen LogP contribution in [0, 0.1) is 11.8 Å². The zero-order valence-electron chi connectivity index (χ0n) is 11.8. The van der Waals surface area contributed by atoms with E-state index in [1.54, 1.807) is 4.90 Å². The lowest BCUT2D eigenvalue weighted by Crippen LogP contribution is -2.55. The molecule has 3 aliphatic rings. The van der Waals surface area contributed by atoms with E-state index in [2.05, 4.69) is 0 Å². The first-order chi connectivity index (χ1) is 9.40. The summed E-state index contributed by atoms with van der Waals surface area (Å²) in [5.74, 6) is -0.0394. The van der Waals surface area contributed by atoms with Crippen LogP contribution in [0.15, 0.2) is 0 Å². The van der Waals surface area contributed by atoms with Crippen LogP contribution in [0.1, 0.15) is 38.5 Å². The Kier molecular flexibility index (Phi) is 3.57. The van der Waals surface area contributed by atoms with E-state index in [-0.39, 0.29) is 29.2 Å². The van der Waals surface area contributed by atoms with Crippen LogP contribution in [0.4, 0.5) is 0 Å². The molecule has 114 valence electrons. The van der Waals surface area contributed by atoms with Crippen molar-refractivity contribution in [2.24, 2.45) is 11.8 Å². The number of fused-ring (bicyclic) bond motifs is 1. The molecule has 1 aliphatic carbocycles. The molecule has 1 saturated carbocycles. The zero-order chi connectivity index (χ0) is 14.4. The zero-order valence-corrected chi connectivity index (χ0v) is 12.6. The molecular formula is C14H23NO4S. The molecule has 0 aromatic heterocycles. The highest BCUT2D eigenvalue weighted by molar-refractivity contribution is 7.91. The van der Waals surface area contributed by atoms with Crippen LogP contribution in [-0.4, -0.2) is 54.5 Å². The molecule has 20 heavy (non-hydrogen) atoms. The second kappa shape index (κ2) is 4.98. The Morgan fingerprint density at radius 2 is 2.00 bits per heavy atom. The minimum atomic E-state index is -3.01. The maximum Gasteiger partial charge on any atom is 0.226 e. The van der Waals surface area contributed by atoms with Crippen molar-refractivity contribution in [3.63, 3.8) is 0 Å². The molecule has 2 aliphatic heterocycles. The monoisotopic (exact) mass is 301 g/mol. The van der Waals surface area contributed by atoms with Gasteiger partial charge in [0.25, 0.3) is 0 Å². The third kappa shape index (κ3) is 2.60. The van der Waals surface area contributed by atoms with Gasteiger partial charge >= 0.3 is 0 Å². The largest absolute Gasteiger partial charge is 0.389 e. The molecule has 3 atom stereocenters. The van der Waals surface area contributed by atoms with E-state index in [1.165, 1.54) is 0 Å². The van der Waals surface area contributed by atoms with E-state index in [4.69, 9.17) is 0 Å². The number of hydrogen-bond donors (Lipinski definition) is 1. The fraction of sp³-hybridized carbons (Fsp3) is 0.929. The number of hydrogen-bond acceptors (Lipinski definition) is 4. The Bertz CT molecular complexity index is 503. The maximum atomic E-state index is 12.4. The number of nitrogens with zero attached hydrogens (tertiary/aromatic N) is 1. The van der Waals surface area contributed by atoms with Crippen molar-refractivity contribution in [1.82, 2.24) is 4.90 Å². The molecule has 1 N–H and O–H groups in total. The van der Waals surface area contributed by atoms with Crippen LogP contribution >= 0.6 is 0 Å². The Labute approximate surface area is 120 Å².